The molecule has 0 aromatic carbocycles. The molecule has 0 aliphatic carbocycles. The zero-order chi connectivity index (χ0) is 11.5. The van der Waals surface area contributed by atoms with Gasteiger partial charge in [-0.1, -0.05) is 6.92 Å². The molecule has 2 rings (SSSR count). The highest BCUT2D eigenvalue weighted by Gasteiger charge is 2.32. The maximum atomic E-state index is 6.20. The van der Waals surface area contributed by atoms with Gasteiger partial charge < -0.3 is 5.73 Å². The Hall–Kier alpha value is -0.450. The van der Waals surface area contributed by atoms with Crippen LogP contribution in [0.4, 0.5) is 0 Å². The largest absolute Gasteiger partial charge is 0.326 e. The van der Waals surface area contributed by atoms with E-state index in [1.54, 1.807) is 0 Å². The molecule has 4 heteroatoms. The Kier molecular flexibility index (Phi) is 3.95. The normalized spacial score (nSPS) is 26.2. The monoisotopic (exact) mass is 283 g/mol. The van der Waals surface area contributed by atoms with Crippen LogP contribution in [0, 0.1) is 0 Å². The fourth-order valence-corrected chi connectivity index (χ4v) is 2.85. The molecule has 1 saturated heterocycles. The van der Waals surface area contributed by atoms with E-state index in [1.807, 2.05) is 12.4 Å². The zero-order valence-electron chi connectivity index (χ0n) is 9.56. The first-order valence-electron chi connectivity index (χ1n) is 5.82. The van der Waals surface area contributed by atoms with E-state index in [-0.39, 0.29) is 6.04 Å². The molecule has 1 aromatic rings. The number of aromatic nitrogens is 1. The first-order valence-corrected chi connectivity index (χ1v) is 6.61. The number of halogens is 1. The number of hydrogen-bond acceptors (Lipinski definition) is 3. The first-order chi connectivity index (χ1) is 7.72. The standard InChI is InChI=1S/C12H18BrN3/c1-2-4-16-5-3-11(14)12(16)9-6-10(13)8-15-7-9/h6-8,11-12H,2-5,14H2,1H3. The van der Waals surface area contributed by atoms with Crippen LogP contribution in [0.15, 0.2) is 22.9 Å². The molecule has 16 heavy (non-hydrogen) atoms. The van der Waals surface area contributed by atoms with Gasteiger partial charge in [0.05, 0.1) is 6.04 Å². The van der Waals surface area contributed by atoms with Gasteiger partial charge in [0.2, 0.25) is 0 Å². The summed E-state index contributed by atoms with van der Waals surface area (Å²) in [4.78, 5) is 6.70. The molecule has 3 nitrogen and oxygen atoms in total. The molecule has 0 bridgehead atoms. The molecule has 0 radical (unpaired) electrons. The van der Waals surface area contributed by atoms with E-state index >= 15 is 0 Å². The van der Waals surface area contributed by atoms with Crippen molar-refractivity contribution in [1.82, 2.24) is 9.88 Å². The van der Waals surface area contributed by atoms with Gasteiger partial charge >= 0.3 is 0 Å². The van der Waals surface area contributed by atoms with Crippen molar-refractivity contribution in [2.45, 2.75) is 31.8 Å². The highest BCUT2D eigenvalue weighted by Crippen LogP contribution is 2.31. The molecule has 88 valence electrons. The third-order valence-corrected chi connectivity index (χ3v) is 3.56. The lowest BCUT2D eigenvalue weighted by Crippen LogP contribution is -2.32. The molecule has 2 atom stereocenters. The summed E-state index contributed by atoms with van der Waals surface area (Å²) in [7, 11) is 0. The summed E-state index contributed by atoms with van der Waals surface area (Å²) in [6, 6.07) is 2.71. The van der Waals surface area contributed by atoms with Gasteiger partial charge in [0.15, 0.2) is 0 Å². The Morgan fingerprint density at radius 3 is 3.06 bits per heavy atom. The molecule has 2 N–H and O–H groups in total. The van der Waals surface area contributed by atoms with Gasteiger partial charge in [0.25, 0.3) is 0 Å². The van der Waals surface area contributed by atoms with Gasteiger partial charge in [0.1, 0.15) is 0 Å². The van der Waals surface area contributed by atoms with Crippen LogP contribution in [0.25, 0.3) is 0 Å². The number of pyridine rings is 1. The smallest absolute Gasteiger partial charge is 0.0515 e. The van der Waals surface area contributed by atoms with Crippen molar-refractivity contribution in [2.75, 3.05) is 13.1 Å². The number of nitrogens with two attached hydrogens (primary N) is 1. The van der Waals surface area contributed by atoms with Crippen LogP contribution in [0.3, 0.4) is 0 Å². The Morgan fingerprint density at radius 2 is 2.38 bits per heavy atom. The average molecular weight is 284 g/mol. The molecule has 0 saturated carbocycles. The highest BCUT2D eigenvalue weighted by atomic mass is 79.9. The molecule has 1 aliphatic rings. The van der Waals surface area contributed by atoms with Crippen LogP contribution in [0.2, 0.25) is 0 Å². The van der Waals surface area contributed by atoms with Crippen LogP contribution < -0.4 is 5.73 Å². The lowest BCUT2D eigenvalue weighted by atomic mass is 10.0. The van der Waals surface area contributed by atoms with Crippen molar-refractivity contribution in [3.8, 4) is 0 Å². The molecule has 0 spiro atoms. The molecular formula is C12H18BrN3. The fraction of sp³-hybridized carbons (Fsp3) is 0.583. The van der Waals surface area contributed by atoms with Gasteiger partial charge in [-0.15, -0.1) is 0 Å². The molecule has 1 aliphatic heterocycles. The maximum absolute atomic E-state index is 6.20. The lowest BCUT2D eigenvalue weighted by Gasteiger charge is -2.26. The minimum Gasteiger partial charge on any atom is -0.326 e. The third-order valence-electron chi connectivity index (χ3n) is 3.13. The molecule has 1 aromatic heterocycles. The van der Waals surface area contributed by atoms with E-state index in [1.165, 1.54) is 12.0 Å². The Bertz CT molecular complexity index is 354. The third kappa shape index (κ3) is 2.44. The second kappa shape index (κ2) is 5.25. The minimum absolute atomic E-state index is 0.239. The predicted molar refractivity (Wildman–Crippen MR) is 69.1 cm³/mol. The second-order valence-electron chi connectivity index (χ2n) is 4.37. The van der Waals surface area contributed by atoms with Gasteiger partial charge in [-0.25, -0.2) is 0 Å². The first kappa shape index (κ1) is 12.0. The van der Waals surface area contributed by atoms with Crippen molar-refractivity contribution in [3.63, 3.8) is 0 Å². The Labute approximate surface area is 105 Å². The summed E-state index contributed by atoms with van der Waals surface area (Å²) in [6.07, 6.45) is 6.00. The second-order valence-corrected chi connectivity index (χ2v) is 5.29. The van der Waals surface area contributed by atoms with Crippen molar-refractivity contribution in [1.29, 1.82) is 0 Å². The van der Waals surface area contributed by atoms with Crippen LogP contribution >= 0.6 is 15.9 Å². The van der Waals surface area contributed by atoms with Gasteiger partial charge in [-0.05, 0) is 46.9 Å². The van der Waals surface area contributed by atoms with Crippen LogP contribution in [-0.2, 0) is 0 Å². The number of nitrogens with zero attached hydrogens (tertiary/aromatic N) is 2. The zero-order valence-corrected chi connectivity index (χ0v) is 11.2. The van der Waals surface area contributed by atoms with E-state index in [0.29, 0.717) is 6.04 Å². The van der Waals surface area contributed by atoms with Gasteiger partial charge in [-0.2, -0.15) is 0 Å². The molecule has 2 heterocycles. The Balaban J connectivity index is 2.22. The van der Waals surface area contributed by atoms with Crippen molar-refractivity contribution >= 4 is 15.9 Å². The van der Waals surface area contributed by atoms with E-state index in [9.17, 15) is 0 Å². The fourth-order valence-electron chi connectivity index (χ4n) is 2.47. The summed E-state index contributed by atoms with van der Waals surface area (Å²) in [5, 5.41) is 0. The quantitative estimate of drug-likeness (QED) is 0.926. The van der Waals surface area contributed by atoms with E-state index in [2.05, 4.69) is 38.8 Å². The van der Waals surface area contributed by atoms with Crippen molar-refractivity contribution in [3.05, 3.63) is 28.5 Å². The predicted octanol–water partition coefficient (Wildman–Crippen LogP) is 2.33. The SMILES string of the molecule is CCCN1CCC(N)C1c1cncc(Br)c1. The van der Waals surface area contributed by atoms with Crippen molar-refractivity contribution < 1.29 is 0 Å². The summed E-state index contributed by atoms with van der Waals surface area (Å²) in [5.41, 5.74) is 7.43. The molecule has 1 fully saturated rings. The van der Waals surface area contributed by atoms with Crippen molar-refractivity contribution in [2.24, 2.45) is 5.73 Å². The maximum Gasteiger partial charge on any atom is 0.0515 e. The van der Waals surface area contributed by atoms with Crippen LogP contribution in [-0.4, -0.2) is 29.0 Å². The summed E-state index contributed by atoms with van der Waals surface area (Å²) in [6.45, 7) is 4.43. The summed E-state index contributed by atoms with van der Waals surface area (Å²) in [5.74, 6) is 0. The van der Waals surface area contributed by atoms with Gasteiger partial charge in [-0.3, -0.25) is 9.88 Å². The number of likely N-dealkylation sites (tertiary alicyclic amines) is 1. The molecule has 2 unspecified atom stereocenters. The lowest BCUT2D eigenvalue weighted by molar-refractivity contribution is 0.248. The summed E-state index contributed by atoms with van der Waals surface area (Å²) >= 11 is 3.47. The topological polar surface area (TPSA) is 42.1 Å². The summed E-state index contributed by atoms with van der Waals surface area (Å²) < 4.78 is 1.03. The van der Waals surface area contributed by atoms with E-state index < -0.39 is 0 Å². The molecule has 0 amide bonds. The highest BCUT2D eigenvalue weighted by molar-refractivity contribution is 9.10. The van der Waals surface area contributed by atoms with Gasteiger partial charge in [0, 0.05) is 29.5 Å². The van der Waals surface area contributed by atoms with E-state index in [0.717, 1.165) is 24.0 Å². The number of rotatable bonds is 3. The minimum atomic E-state index is 0.239. The number of hydrogen-bond donors (Lipinski definition) is 1. The van der Waals surface area contributed by atoms with Crippen LogP contribution in [0.5, 0.6) is 0 Å². The van der Waals surface area contributed by atoms with Crippen LogP contribution in [0.1, 0.15) is 31.4 Å². The Morgan fingerprint density at radius 1 is 1.56 bits per heavy atom. The average Bonchev–Trinajstić information content (AvgIpc) is 2.60. The van der Waals surface area contributed by atoms with E-state index in [4.69, 9.17) is 5.73 Å². The molecular weight excluding hydrogens is 266 g/mol.